The number of nitrogens with zero attached hydrogens (tertiary/aromatic N) is 10. The standard InChI is InChI=1S/C56H70N12O7S/c1-35(2)52(56(72)67-33-43(69)28-47(67)55(71)60-36(3)38-11-13-39(14-12-38)53-37(4)59-34-76-53)49-30-51(63-75-49)74-26-8-20-65-23-21-64(22-24-65)19-7-25-73-50-27-40(17-18-58-50)68-41-15-16-42(68)32-66(31-41)46-29-45(61-62-54(46)57)44-9-5-6-10-48(44)70/h5-6,9-14,17-18,27,29-30,34-36,41-43,47,52,69-70H,7-8,15-16,19-26,28,31-33H2,1-4H3,(H2,57,62)(H,60,71)/t36-,41?,42?,43+,47-,52+/m0/s1. The molecule has 19 nitrogen and oxygen atoms in total. The molecular weight excluding hydrogens is 985 g/mol. The summed E-state index contributed by atoms with van der Waals surface area (Å²) in [6.45, 7) is 16.2. The number of phenols is 1. The van der Waals surface area contributed by atoms with E-state index in [0.29, 0.717) is 59.9 Å². The second kappa shape index (κ2) is 23.6. The third-order valence-electron chi connectivity index (χ3n) is 15.4. The number of pyridine rings is 1. The lowest BCUT2D eigenvalue weighted by Crippen LogP contribution is -2.54. The minimum absolute atomic E-state index is 0.0582. The number of nitrogens with two attached hydrogens (primary N) is 1. The Kier molecular flexibility index (Phi) is 16.3. The van der Waals surface area contributed by atoms with E-state index in [9.17, 15) is 19.8 Å². The van der Waals surface area contributed by atoms with Crippen LogP contribution in [0.15, 0.2) is 89.0 Å². The normalized spacial score (nSPS) is 20.8. The van der Waals surface area contributed by atoms with Gasteiger partial charge in [-0.25, -0.2) is 9.97 Å². The van der Waals surface area contributed by atoms with Crippen molar-refractivity contribution in [3.05, 3.63) is 102 Å². The molecule has 0 spiro atoms. The number of thiazole rings is 1. The molecule has 6 atom stereocenters. The maximum absolute atomic E-state index is 14.2. The number of para-hydroxylation sites is 1. The van der Waals surface area contributed by atoms with Crippen LogP contribution in [0.4, 0.5) is 17.2 Å². The molecule has 20 heteroatoms. The third-order valence-corrected chi connectivity index (χ3v) is 16.4. The number of carbonyl (C=O) groups is 2. The molecule has 4 saturated heterocycles. The minimum atomic E-state index is -0.823. The van der Waals surface area contributed by atoms with Crippen molar-refractivity contribution >= 4 is 40.3 Å². The zero-order valence-corrected chi connectivity index (χ0v) is 44.6. The third kappa shape index (κ3) is 11.9. The van der Waals surface area contributed by atoms with Crippen LogP contribution in [0.5, 0.6) is 17.5 Å². The summed E-state index contributed by atoms with van der Waals surface area (Å²) >= 11 is 1.59. The zero-order chi connectivity index (χ0) is 52.9. The monoisotopic (exact) mass is 1050 g/mol. The number of rotatable bonds is 20. The number of aliphatic hydroxyl groups excluding tert-OH is 1. The number of likely N-dealkylation sites (tertiary alicyclic amines) is 1. The SMILES string of the molecule is Cc1ncsc1-c1ccc([C@H](C)NC(=O)[C@@H]2C[C@@H](O)CN2C(=O)[C@@H](c2cc(OCCCN3CCN(CCCOc4cc(N5C6CCC5CN(c5cc(-c7ccccc7O)nnc5N)C6)ccn4)CC3)no2)C(C)C)cc1. The summed E-state index contributed by atoms with van der Waals surface area (Å²) in [4.78, 5) is 49.2. The maximum atomic E-state index is 14.2. The molecule has 10 rings (SSSR count). The van der Waals surface area contributed by atoms with E-state index >= 15 is 0 Å². The highest BCUT2D eigenvalue weighted by atomic mass is 32.1. The van der Waals surface area contributed by atoms with Crippen molar-refractivity contribution in [1.29, 1.82) is 0 Å². The molecular formula is C56H70N12O7S. The first kappa shape index (κ1) is 52.6. The maximum Gasteiger partial charge on any atom is 0.254 e. The van der Waals surface area contributed by atoms with Gasteiger partial charge in [-0.1, -0.05) is 50.2 Å². The number of phenolic OH excluding ortho intramolecular Hbond substituents is 1. The van der Waals surface area contributed by atoms with Crippen molar-refractivity contribution < 1.29 is 33.8 Å². The van der Waals surface area contributed by atoms with Gasteiger partial charge in [-0.05, 0) is 86.0 Å². The molecule has 5 N–H and O–H groups in total. The number of anilines is 3. The molecule has 4 aliphatic heterocycles. The molecule has 2 amide bonds. The van der Waals surface area contributed by atoms with E-state index in [-0.39, 0.29) is 42.5 Å². The number of nitrogen functional groups attached to an aromatic ring is 1. The lowest BCUT2D eigenvalue weighted by molar-refractivity contribution is -0.141. The molecule has 76 heavy (non-hydrogen) atoms. The molecule has 2 unspecified atom stereocenters. The molecule has 4 fully saturated rings. The molecule has 4 aliphatic rings. The molecule has 4 aromatic heterocycles. The number of nitrogens with one attached hydrogen (secondary N) is 1. The predicted molar refractivity (Wildman–Crippen MR) is 291 cm³/mol. The van der Waals surface area contributed by atoms with E-state index in [1.165, 1.54) is 4.90 Å². The molecule has 2 bridgehead atoms. The van der Waals surface area contributed by atoms with E-state index < -0.39 is 18.1 Å². The fraction of sp³-hybridized carbons (Fsp3) is 0.482. The average Bonchev–Trinajstić information content (AvgIpc) is 4.25. The number of aryl methyl sites for hydroxylation is 1. The molecule has 0 aliphatic carbocycles. The van der Waals surface area contributed by atoms with E-state index in [0.717, 1.165) is 111 Å². The van der Waals surface area contributed by atoms with Gasteiger partial charge in [0.25, 0.3) is 5.88 Å². The van der Waals surface area contributed by atoms with Crippen LogP contribution in [0.1, 0.15) is 81.9 Å². The predicted octanol–water partition coefficient (Wildman–Crippen LogP) is 6.54. The summed E-state index contributed by atoms with van der Waals surface area (Å²) < 4.78 is 18.0. The Bertz CT molecular complexity index is 2910. The van der Waals surface area contributed by atoms with E-state index in [2.05, 4.69) is 62.4 Å². The number of ether oxygens (including phenoxy) is 2. The number of aromatic hydroxyl groups is 1. The van der Waals surface area contributed by atoms with Crippen LogP contribution in [-0.2, 0) is 9.59 Å². The lowest BCUT2D eigenvalue weighted by Gasteiger charge is -2.43. The second-order valence-corrected chi connectivity index (χ2v) is 21.8. The minimum Gasteiger partial charge on any atom is -0.507 e. The Morgan fingerprint density at radius 1 is 0.868 bits per heavy atom. The van der Waals surface area contributed by atoms with Crippen molar-refractivity contribution in [2.45, 2.75) is 96.0 Å². The number of fused-ring (bicyclic) bond motifs is 2. The molecule has 8 heterocycles. The quantitative estimate of drug-likeness (QED) is 0.0596. The summed E-state index contributed by atoms with van der Waals surface area (Å²) in [5, 5.41) is 36.9. The van der Waals surface area contributed by atoms with Gasteiger partial charge in [0.15, 0.2) is 11.6 Å². The molecule has 0 radical (unpaired) electrons. The number of hydrogen-bond acceptors (Lipinski definition) is 18. The number of amides is 2. The van der Waals surface area contributed by atoms with Gasteiger partial charge in [-0.15, -0.1) is 21.5 Å². The number of aromatic nitrogens is 5. The number of piperazine rings is 2. The van der Waals surface area contributed by atoms with Crippen LogP contribution in [-0.4, -0.2) is 158 Å². The number of β-amino-alcohol motifs (C(OH)–C–C–N with tert-alkyl or cyclic N) is 1. The van der Waals surface area contributed by atoms with Crippen LogP contribution in [0.3, 0.4) is 0 Å². The van der Waals surface area contributed by atoms with Crippen molar-refractivity contribution in [1.82, 2.24) is 45.3 Å². The van der Waals surface area contributed by atoms with Gasteiger partial charge >= 0.3 is 0 Å². The van der Waals surface area contributed by atoms with Crippen LogP contribution < -0.4 is 30.3 Å². The largest absolute Gasteiger partial charge is 0.507 e. The van der Waals surface area contributed by atoms with Crippen molar-refractivity contribution in [3.8, 4) is 39.2 Å². The molecule has 402 valence electrons. The summed E-state index contributed by atoms with van der Waals surface area (Å²) in [6.07, 6.45) is 5.03. The van der Waals surface area contributed by atoms with Crippen LogP contribution in [0.25, 0.3) is 21.7 Å². The summed E-state index contributed by atoms with van der Waals surface area (Å²) in [5.41, 5.74) is 14.4. The fourth-order valence-corrected chi connectivity index (χ4v) is 12.2. The van der Waals surface area contributed by atoms with Gasteiger partial charge in [0, 0.05) is 107 Å². The highest BCUT2D eigenvalue weighted by Crippen LogP contribution is 2.40. The van der Waals surface area contributed by atoms with Crippen molar-refractivity contribution in [2.75, 3.05) is 87.7 Å². The Morgan fingerprint density at radius 3 is 2.24 bits per heavy atom. The number of benzene rings is 2. The summed E-state index contributed by atoms with van der Waals surface area (Å²) in [6, 6.07) is 22.4. The van der Waals surface area contributed by atoms with Gasteiger partial charge in [0.05, 0.1) is 52.8 Å². The van der Waals surface area contributed by atoms with Gasteiger partial charge < -0.3 is 59.8 Å². The van der Waals surface area contributed by atoms with Crippen LogP contribution in [0.2, 0.25) is 0 Å². The number of carbonyl (C=O) groups excluding carboxylic acids is 2. The first-order valence-corrected chi connectivity index (χ1v) is 27.6. The van der Waals surface area contributed by atoms with Crippen molar-refractivity contribution in [3.63, 3.8) is 0 Å². The Morgan fingerprint density at radius 2 is 1.57 bits per heavy atom. The Hall–Kier alpha value is -6.87. The molecule has 6 aromatic rings. The Balaban J connectivity index is 0.629. The first-order valence-electron chi connectivity index (χ1n) is 26.7. The molecule has 0 saturated carbocycles. The highest BCUT2D eigenvalue weighted by molar-refractivity contribution is 7.13. The topological polar surface area (TPSA) is 225 Å². The smallest absolute Gasteiger partial charge is 0.254 e. The first-order chi connectivity index (χ1) is 36.9. The lowest BCUT2D eigenvalue weighted by atomic mass is 9.91. The second-order valence-electron chi connectivity index (χ2n) is 21.0. The summed E-state index contributed by atoms with van der Waals surface area (Å²) in [7, 11) is 0. The number of aliphatic hydroxyl groups is 1. The van der Waals surface area contributed by atoms with Crippen molar-refractivity contribution in [2.24, 2.45) is 5.92 Å². The van der Waals surface area contributed by atoms with Crippen LogP contribution in [0, 0.1) is 12.8 Å². The number of hydrogen-bond donors (Lipinski definition) is 4. The van der Waals surface area contributed by atoms with Gasteiger partial charge in [-0.3, -0.25) is 9.59 Å². The fourth-order valence-electron chi connectivity index (χ4n) is 11.4. The van der Waals surface area contributed by atoms with E-state index in [1.54, 1.807) is 29.5 Å². The van der Waals surface area contributed by atoms with Gasteiger partial charge in [-0.2, -0.15) is 0 Å². The van der Waals surface area contributed by atoms with Gasteiger partial charge in [0.2, 0.25) is 17.7 Å². The average molecular weight is 1060 g/mol. The van der Waals surface area contributed by atoms with E-state index in [1.807, 2.05) is 81.9 Å². The highest BCUT2D eigenvalue weighted by Gasteiger charge is 2.44. The zero-order valence-electron chi connectivity index (χ0n) is 43.8. The van der Waals surface area contributed by atoms with Gasteiger partial charge in [0.1, 0.15) is 17.7 Å². The summed E-state index contributed by atoms with van der Waals surface area (Å²) in [5.74, 6) is 0.401. The molecule has 2 aromatic carbocycles. The Labute approximate surface area is 448 Å². The van der Waals surface area contributed by atoms with E-state index in [4.69, 9.17) is 19.7 Å². The van der Waals surface area contributed by atoms with Crippen LogP contribution >= 0.6 is 11.3 Å².